The lowest BCUT2D eigenvalue weighted by Crippen LogP contribution is -2.41. The Hall–Kier alpha value is -2.50. The summed E-state index contributed by atoms with van der Waals surface area (Å²) >= 11 is 0. The molecule has 5 heteroatoms. The largest absolute Gasteiger partial charge is 0.494 e. The van der Waals surface area contributed by atoms with E-state index in [2.05, 4.69) is 99.0 Å². The standard InChI is InChI=1S/C23H25BN2O2/c1-22(2)23(3,4)28-24(27-22)17-13-11-16(12-14-17)21-25-18-9-5-7-15-8-6-10-19(26-21)20(15)18/h5-14,21,25-26H,1-4H3. The number of hydrogen-bond donors (Lipinski definition) is 2. The molecular formula is C23H25BN2O2. The zero-order valence-corrected chi connectivity index (χ0v) is 16.7. The van der Waals surface area contributed by atoms with Crippen molar-refractivity contribution >= 4 is 34.7 Å². The molecule has 3 aromatic carbocycles. The Morgan fingerprint density at radius 3 is 1.82 bits per heavy atom. The summed E-state index contributed by atoms with van der Waals surface area (Å²) in [5.41, 5.74) is 3.88. The van der Waals surface area contributed by atoms with Crippen LogP contribution in [-0.4, -0.2) is 18.3 Å². The molecule has 0 saturated carbocycles. The molecule has 28 heavy (non-hydrogen) atoms. The molecule has 2 heterocycles. The van der Waals surface area contributed by atoms with E-state index in [1.807, 2.05) is 0 Å². The second-order valence-corrected chi connectivity index (χ2v) is 8.69. The van der Waals surface area contributed by atoms with Crippen molar-refractivity contribution in [1.29, 1.82) is 0 Å². The number of nitrogens with one attached hydrogen (secondary N) is 2. The molecular weight excluding hydrogens is 347 g/mol. The fraction of sp³-hybridized carbons (Fsp3) is 0.304. The second-order valence-electron chi connectivity index (χ2n) is 8.69. The minimum Gasteiger partial charge on any atom is -0.399 e. The molecule has 5 rings (SSSR count). The molecule has 2 aliphatic rings. The van der Waals surface area contributed by atoms with Crippen molar-refractivity contribution < 1.29 is 9.31 Å². The van der Waals surface area contributed by atoms with Crippen LogP contribution in [0.1, 0.15) is 39.4 Å². The Labute approximate surface area is 166 Å². The van der Waals surface area contributed by atoms with Gasteiger partial charge in [-0.3, -0.25) is 0 Å². The van der Waals surface area contributed by atoms with Crippen LogP contribution in [0.3, 0.4) is 0 Å². The summed E-state index contributed by atoms with van der Waals surface area (Å²) < 4.78 is 12.3. The van der Waals surface area contributed by atoms with Gasteiger partial charge in [0.15, 0.2) is 0 Å². The maximum atomic E-state index is 6.17. The van der Waals surface area contributed by atoms with Crippen LogP contribution in [0, 0.1) is 0 Å². The van der Waals surface area contributed by atoms with E-state index in [1.165, 1.54) is 16.3 Å². The molecule has 2 aliphatic heterocycles. The van der Waals surface area contributed by atoms with E-state index >= 15 is 0 Å². The van der Waals surface area contributed by atoms with E-state index in [-0.39, 0.29) is 24.5 Å². The third kappa shape index (κ3) is 2.69. The lowest BCUT2D eigenvalue weighted by molar-refractivity contribution is 0.00578. The van der Waals surface area contributed by atoms with Crippen molar-refractivity contribution in [3.05, 3.63) is 66.2 Å². The number of hydrogen-bond acceptors (Lipinski definition) is 4. The van der Waals surface area contributed by atoms with Gasteiger partial charge in [0.05, 0.1) is 11.2 Å². The van der Waals surface area contributed by atoms with Crippen LogP contribution >= 0.6 is 0 Å². The molecule has 0 atom stereocenters. The van der Waals surface area contributed by atoms with Crippen molar-refractivity contribution in [1.82, 2.24) is 0 Å². The molecule has 2 N–H and O–H groups in total. The summed E-state index contributed by atoms with van der Waals surface area (Å²) in [7, 11) is -0.333. The summed E-state index contributed by atoms with van der Waals surface area (Å²) in [6.45, 7) is 8.31. The van der Waals surface area contributed by atoms with E-state index in [9.17, 15) is 0 Å². The molecule has 142 valence electrons. The van der Waals surface area contributed by atoms with Gasteiger partial charge in [0.1, 0.15) is 6.17 Å². The highest BCUT2D eigenvalue weighted by Gasteiger charge is 2.51. The van der Waals surface area contributed by atoms with Gasteiger partial charge in [-0.25, -0.2) is 0 Å². The smallest absolute Gasteiger partial charge is 0.399 e. The predicted molar refractivity (Wildman–Crippen MR) is 116 cm³/mol. The van der Waals surface area contributed by atoms with Gasteiger partial charge >= 0.3 is 7.12 Å². The molecule has 0 bridgehead atoms. The quantitative estimate of drug-likeness (QED) is 0.642. The molecule has 0 spiro atoms. The highest BCUT2D eigenvalue weighted by atomic mass is 16.7. The van der Waals surface area contributed by atoms with Gasteiger partial charge in [0.25, 0.3) is 0 Å². The Kier molecular flexibility index (Phi) is 3.77. The molecule has 4 nitrogen and oxygen atoms in total. The lowest BCUT2D eigenvalue weighted by atomic mass is 9.78. The minimum atomic E-state index is -0.333. The zero-order chi connectivity index (χ0) is 19.5. The topological polar surface area (TPSA) is 42.5 Å². The van der Waals surface area contributed by atoms with Gasteiger partial charge in [-0.05, 0) is 56.2 Å². The molecule has 3 aromatic rings. The molecule has 0 aromatic heterocycles. The maximum absolute atomic E-state index is 6.17. The van der Waals surface area contributed by atoms with Gasteiger partial charge in [-0.15, -0.1) is 0 Å². The van der Waals surface area contributed by atoms with Crippen LogP contribution in [-0.2, 0) is 9.31 Å². The Morgan fingerprint density at radius 1 is 0.750 bits per heavy atom. The maximum Gasteiger partial charge on any atom is 0.494 e. The summed E-state index contributed by atoms with van der Waals surface area (Å²) in [5, 5.41) is 9.72. The highest BCUT2D eigenvalue weighted by Crippen LogP contribution is 2.39. The van der Waals surface area contributed by atoms with Gasteiger partial charge in [0, 0.05) is 16.8 Å². The first kappa shape index (κ1) is 17.6. The first-order chi connectivity index (χ1) is 13.3. The number of benzene rings is 3. The number of rotatable bonds is 2. The van der Waals surface area contributed by atoms with Crippen LogP contribution in [0.5, 0.6) is 0 Å². The first-order valence-electron chi connectivity index (χ1n) is 9.84. The Bertz CT molecular complexity index is 989. The van der Waals surface area contributed by atoms with Crippen molar-refractivity contribution in [3.63, 3.8) is 0 Å². The molecule has 0 unspecified atom stereocenters. The summed E-state index contributed by atoms with van der Waals surface area (Å²) in [4.78, 5) is 0. The fourth-order valence-electron chi connectivity index (χ4n) is 3.92. The van der Waals surface area contributed by atoms with E-state index in [0.717, 1.165) is 16.8 Å². The second kappa shape index (κ2) is 6.00. The molecule has 1 fully saturated rings. The van der Waals surface area contributed by atoms with Crippen LogP contribution in [0.25, 0.3) is 10.8 Å². The Balaban J connectivity index is 1.40. The van der Waals surface area contributed by atoms with Crippen molar-refractivity contribution in [2.24, 2.45) is 0 Å². The normalized spacial score (nSPS) is 20.1. The van der Waals surface area contributed by atoms with Crippen LogP contribution in [0.4, 0.5) is 11.4 Å². The van der Waals surface area contributed by atoms with E-state index in [1.54, 1.807) is 0 Å². The first-order valence-corrected chi connectivity index (χ1v) is 9.84. The third-order valence-electron chi connectivity index (χ3n) is 6.30. The minimum absolute atomic E-state index is 0.0212. The SMILES string of the molecule is CC1(C)OB(c2ccc(C3Nc4cccc5cccc(c45)N3)cc2)OC1(C)C. The van der Waals surface area contributed by atoms with Gasteiger partial charge in [-0.2, -0.15) is 0 Å². The van der Waals surface area contributed by atoms with Crippen molar-refractivity contribution in [2.75, 3.05) is 10.6 Å². The lowest BCUT2D eigenvalue weighted by Gasteiger charge is -2.32. The third-order valence-corrected chi connectivity index (χ3v) is 6.30. The van der Waals surface area contributed by atoms with E-state index < -0.39 is 0 Å². The van der Waals surface area contributed by atoms with Crippen LogP contribution in [0.2, 0.25) is 0 Å². The molecule has 0 amide bonds. The van der Waals surface area contributed by atoms with Gasteiger partial charge in [-0.1, -0.05) is 48.5 Å². The summed E-state index contributed by atoms with van der Waals surface area (Å²) in [6, 6.07) is 21.2. The monoisotopic (exact) mass is 372 g/mol. The van der Waals surface area contributed by atoms with Gasteiger partial charge in [0.2, 0.25) is 0 Å². The van der Waals surface area contributed by atoms with Crippen LogP contribution in [0.15, 0.2) is 60.7 Å². The van der Waals surface area contributed by atoms with Gasteiger partial charge < -0.3 is 19.9 Å². The van der Waals surface area contributed by atoms with Crippen molar-refractivity contribution in [3.8, 4) is 0 Å². The molecule has 0 radical (unpaired) electrons. The van der Waals surface area contributed by atoms with E-state index in [0.29, 0.717) is 0 Å². The van der Waals surface area contributed by atoms with Crippen molar-refractivity contribution in [2.45, 2.75) is 45.1 Å². The summed E-state index contributed by atoms with van der Waals surface area (Å²) in [6.07, 6.45) is 0.0212. The Morgan fingerprint density at radius 2 is 1.29 bits per heavy atom. The molecule has 1 saturated heterocycles. The predicted octanol–water partition coefficient (Wildman–Crippen LogP) is 4.68. The fourth-order valence-corrected chi connectivity index (χ4v) is 3.92. The van der Waals surface area contributed by atoms with E-state index in [4.69, 9.17) is 9.31 Å². The zero-order valence-electron chi connectivity index (χ0n) is 16.7. The average Bonchev–Trinajstić information content (AvgIpc) is 2.90. The average molecular weight is 372 g/mol. The molecule has 0 aliphatic carbocycles. The summed E-state index contributed by atoms with van der Waals surface area (Å²) in [5.74, 6) is 0. The van der Waals surface area contributed by atoms with Crippen LogP contribution < -0.4 is 16.1 Å². The number of anilines is 2. The highest BCUT2D eigenvalue weighted by molar-refractivity contribution is 6.62.